The van der Waals surface area contributed by atoms with Crippen LogP contribution in [0.3, 0.4) is 0 Å². The predicted octanol–water partition coefficient (Wildman–Crippen LogP) is 5.63. The normalized spacial score (nSPS) is 10.8. The molecule has 0 saturated heterocycles. The molecule has 5 nitrogen and oxygen atoms in total. The number of hydrogen-bond donors (Lipinski definition) is 2. The molecule has 2 heterocycles. The van der Waals surface area contributed by atoms with E-state index in [0.717, 1.165) is 15.8 Å². The molecule has 0 atom stereocenters. The Kier molecular flexibility index (Phi) is 5.46. The van der Waals surface area contributed by atoms with Crippen LogP contribution in [0.15, 0.2) is 75.8 Å². The Labute approximate surface area is 179 Å². The Morgan fingerprint density at radius 1 is 1.10 bits per heavy atom. The van der Waals surface area contributed by atoms with E-state index in [2.05, 4.69) is 26.2 Å². The molecule has 0 radical (unpaired) electrons. The zero-order valence-electron chi connectivity index (χ0n) is 15.0. The number of aromatic amines is 1. The van der Waals surface area contributed by atoms with Crippen LogP contribution < -0.4 is 5.32 Å². The second-order valence-electron chi connectivity index (χ2n) is 6.25. The lowest BCUT2D eigenvalue weighted by molar-refractivity contribution is 0.0941. The number of carbonyl (C=O) groups excluding carboxylic acids is 1. The van der Waals surface area contributed by atoms with Gasteiger partial charge in [-0.2, -0.15) is 0 Å². The van der Waals surface area contributed by atoms with Crippen molar-refractivity contribution in [1.29, 1.82) is 0 Å². The topological polar surface area (TPSA) is 63.0 Å². The predicted molar refractivity (Wildman–Crippen MR) is 114 cm³/mol. The molecule has 2 aromatic carbocycles. The number of furan rings is 1. The summed E-state index contributed by atoms with van der Waals surface area (Å²) in [6.45, 7) is 0.219. The summed E-state index contributed by atoms with van der Waals surface area (Å²) < 4.78 is 21.9. The van der Waals surface area contributed by atoms with Gasteiger partial charge in [0.25, 0.3) is 5.91 Å². The van der Waals surface area contributed by atoms with Crippen molar-refractivity contribution in [2.75, 3.05) is 0 Å². The number of halogens is 2. The second kappa shape index (κ2) is 8.18. The van der Waals surface area contributed by atoms with Crippen LogP contribution >= 0.6 is 28.1 Å². The van der Waals surface area contributed by atoms with E-state index in [1.165, 1.54) is 18.3 Å². The van der Waals surface area contributed by atoms with E-state index in [0.29, 0.717) is 21.9 Å². The summed E-state index contributed by atoms with van der Waals surface area (Å²) in [6, 6.07) is 17.2. The fourth-order valence-corrected chi connectivity index (χ4v) is 3.41. The molecule has 2 aromatic heterocycles. The number of benzene rings is 2. The van der Waals surface area contributed by atoms with E-state index < -0.39 is 0 Å². The Morgan fingerprint density at radius 3 is 2.55 bits per heavy atom. The van der Waals surface area contributed by atoms with Crippen LogP contribution in [0.5, 0.6) is 0 Å². The summed E-state index contributed by atoms with van der Waals surface area (Å²) in [5, 5.41) is 2.82. The molecular formula is C21H15BrFN3O2S. The first-order valence-electron chi connectivity index (χ1n) is 8.70. The Balaban J connectivity index is 1.49. The number of hydrogen-bond acceptors (Lipinski definition) is 3. The molecule has 0 saturated carbocycles. The maximum atomic E-state index is 13.2. The van der Waals surface area contributed by atoms with Crippen molar-refractivity contribution < 1.29 is 13.6 Å². The SMILES string of the molecule is O=C(NCc1ccc(-c2ccc(Br)cc2)o1)c1c[nH]c(=S)n1-c1ccc(F)cc1. The van der Waals surface area contributed by atoms with Gasteiger partial charge in [-0.05, 0) is 60.7 Å². The number of nitrogens with zero attached hydrogens (tertiary/aromatic N) is 1. The van der Waals surface area contributed by atoms with Crippen LogP contribution in [0, 0.1) is 10.6 Å². The average molecular weight is 472 g/mol. The summed E-state index contributed by atoms with van der Waals surface area (Å²) in [6.07, 6.45) is 1.52. The van der Waals surface area contributed by atoms with Crippen LogP contribution in [0.2, 0.25) is 0 Å². The van der Waals surface area contributed by atoms with Crippen molar-refractivity contribution in [2.45, 2.75) is 6.54 Å². The van der Waals surface area contributed by atoms with Gasteiger partial charge in [-0.1, -0.05) is 28.1 Å². The molecule has 4 rings (SSSR count). The van der Waals surface area contributed by atoms with E-state index in [4.69, 9.17) is 16.6 Å². The van der Waals surface area contributed by atoms with Gasteiger partial charge in [0.1, 0.15) is 23.0 Å². The summed E-state index contributed by atoms with van der Waals surface area (Å²) in [7, 11) is 0. The Hall–Kier alpha value is -2.97. The Morgan fingerprint density at radius 2 is 1.83 bits per heavy atom. The number of H-pyrrole nitrogens is 1. The molecule has 0 bridgehead atoms. The smallest absolute Gasteiger partial charge is 0.270 e. The molecule has 29 heavy (non-hydrogen) atoms. The first kappa shape index (κ1) is 19.4. The molecule has 0 aliphatic rings. The number of imidazole rings is 1. The van der Waals surface area contributed by atoms with Gasteiger partial charge < -0.3 is 14.7 Å². The maximum Gasteiger partial charge on any atom is 0.270 e. The molecule has 1 amide bonds. The van der Waals surface area contributed by atoms with E-state index in [1.54, 1.807) is 16.7 Å². The highest BCUT2D eigenvalue weighted by Gasteiger charge is 2.15. The minimum atomic E-state index is -0.360. The van der Waals surface area contributed by atoms with Crippen LogP contribution in [-0.4, -0.2) is 15.5 Å². The lowest BCUT2D eigenvalue weighted by atomic mass is 10.2. The molecule has 0 fully saturated rings. The summed E-state index contributed by atoms with van der Waals surface area (Å²) in [4.78, 5) is 15.5. The van der Waals surface area contributed by atoms with Crippen molar-refractivity contribution in [3.8, 4) is 17.0 Å². The minimum Gasteiger partial charge on any atom is -0.459 e. The molecule has 8 heteroatoms. The number of aromatic nitrogens is 2. The molecule has 0 aliphatic carbocycles. The second-order valence-corrected chi connectivity index (χ2v) is 7.55. The van der Waals surface area contributed by atoms with Crippen LogP contribution in [0.25, 0.3) is 17.0 Å². The number of rotatable bonds is 5. The van der Waals surface area contributed by atoms with Gasteiger partial charge in [-0.25, -0.2) is 4.39 Å². The van der Waals surface area contributed by atoms with Gasteiger partial charge in [0.05, 0.1) is 6.54 Å². The van der Waals surface area contributed by atoms with Crippen molar-refractivity contribution in [3.63, 3.8) is 0 Å². The maximum absolute atomic E-state index is 13.2. The summed E-state index contributed by atoms with van der Waals surface area (Å²) in [5.74, 6) is 0.654. The number of amides is 1. The van der Waals surface area contributed by atoms with Gasteiger partial charge in [0.2, 0.25) is 0 Å². The third-order valence-electron chi connectivity index (χ3n) is 4.31. The third-order valence-corrected chi connectivity index (χ3v) is 5.14. The Bertz CT molecular complexity index is 1210. The standard InChI is InChI=1S/C21H15BrFN3O2S/c22-14-3-1-13(2-4-14)19-10-9-17(28-19)11-24-20(27)18-12-25-21(29)26(18)16-7-5-15(23)6-8-16/h1-10,12H,11H2,(H,24,27)(H,25,29). The summed E-state index contributed by atoms with van der Waals surface area (Å²) >= 11 is 8.67. The lowest BCUT2D eigenvalue weighted by Crippen LogP contribution is -2.25. The number of carbonyl (C=O) groups is 1. The van der Waals surface area contributed by atoms with Gasteiger partial charge >= 0.3 is 0 Å². The van der Waals surface area contributed by atoms with Crippen LogP contribution in [0.4, 0.5) is 4.39 Å². The first-order chi connectivity index (χ1) is 14.0. The molecule has 4 aromatic rings. The monoisotopic (exact) mass is 471 g/mol. The fourth-order valence-electron chi connectivity index (χ4n) is 2.88. The van der Waals surface area contributed by atoms with Gasteiger partial charge in [-0.15, -0.1) is 0 Å². The minimum absolute atomic E-state index is 0.219. The zero-order chi connectivity index (χ0) is 20.4. The van der Waals surface area contributed by atoms with Gasteiger partial charge in [-0.3, -0.25) is 9.36 Å². The van der Waals surface area contributed by atoms with Crippen LogP contribution in [-0.2, 0) is 6.54 Å². The fraction of sp³-hybridized carbons (Fsp3) is 0.0476. The highest BCUT2D eigenvalue weighted by molar-refractivity contribution is 9.10. The van der Waals surface area contributed by atoms with Crippen LogP contribution in [0.1, 0.15) is 16.2 Å². The zero-order valence-corrected chi connectivity index (χ0v) is 17.4. The van der Waals surface area contributed by atoms with Crippen molar-refractivity contribution >= 4 is 34.1 Å². The molecule has 0 spiro atoms. The van der Waals surface area contributed by atoms with Crippen molar-refractivity contribution in [3.05, 3.63) is 93.4 Å². The van der Waals surface area contributed by atoms with E-state index in [1.807, 2.05) is 36.4 Å². The molecule has 2 N–H and O–H groups in total. The molecule has 0 unspecified atom stereocenters. The molecular weight excluding hydrogens is 457 g/mol. The summed E-state index contributed by atoms with van der Waals surface area (Å²) in [5.41, 5.74) is 1.86. The van der Waals surface area contributed by atoms with Gasteiger partial charge in [0.15, 0.2) is 4.77 Å². The lowest BCUT2D eigenvalue weighted by Gasteiger charge is -2.08. The molecule has 0 aliphatic heterocycles. The van der Waals surface area contributed by atoms with Gasteiger partial charge in [0, 0.05) is 21.9 Å². The van der Waals surface area contributed by atoms with E-state index in [9.17, 15) is 9.18 Å². The van der Waals surface area contributed by atoms with Crippen molar-refractivity contribution in [2.24, 2.45) is 0 Å². The first-order valence-corrected chi connectivity index (χ1v) is 9.90. The van der Waals surface area contributed by atoms with E-state index >= 15 is 0 Å². The third kappa shape index (κ3) is 4.23. The highest BCUT2D eigenvalue weighted by atomic mass is 79.9. The largest absolute Gasteiger partial charge is 0.459 e. The number of nitrogens with one attached hydrogen (secondary N) is 2. The average Bonchev–Trinajstić information content (AvgIpc) is 3.34. The van der Waals surface area contributed by atoms with Crippen molar-refractivity contribution in [1.82, 2.24) is 14.9 Å². The van der Waals surface area contributed by atoms with E-state index in [-0.39, 0.29) is 18.3 Å². The quantitative estimate of drug-likeness (QED) is 0.371. The highest BCUT2D eigenvalue weighted by Crippen LogP contribution is 2.24. The molecule has 146 valence electrons.